The van der Waals surface area contributed by atoms with E-state index in [9.17, 15) is 18.9 Å². The number of hydrogen-bond donors (Lipinski definition) is 0. The molecule has 128 valence electrons. The number of hydrogen-bond acceptors (Lipinski definition) is 5. The van der Waals surface area contributed by atoms with Gasteiger partial charge >= 0.3 is 12.3 Å². The molecule has 0 amide bonds. The summed E-state index contributed by atoms with van der Waals surface area (Å²) in [5.41, 5.74) is 0.170. The van der Waals surface area contributed by atoms with Crippen LogP contribution in [0.25, 0.3) is 0 Å². The van der Waals surface area contributed by atoms with Crippen molar-refractivity contribution in [3.63, 3.8) is 0 Å². The van der Waals surface area contributed by atoms with Crippen LogP contribution in [0.15, 0.2) is 36.9 Å². The molecule has 2 aromatic rings. The molecule has 0 spiro atoms. The number of alkyl halides is 2. The minimum Gasteiger partial charge on any atom is -0.427 e. The van der Waals surface area contributed by atoms with Crippen molar-refractivity contribution in [2.45, 2.75) is 32.0 Å². The van der Waals surface area contributed by atoms with Crippen molar-refractivity contribution in [2.24, 2.45) is 0 Å². The molecule has 0 N–H and O–H groups in total. The van der Waals surface area contributed by atoms with Gasteiger partial charge in [-0.25, -0.2) is 4.98 Å². The summed E-state index contributed by atoms with van der Waals surface area (Å²) in [6.07, 6.45) is 7.18. The van der Waals surface area contributed by atoms with E-state index in [1.54, 1.807) is 18.6 Å². The van der Waals surface area contributed by atoms with Gasteiger partial charge in [-0.15, -0.1) is 0 Å². The van der Waals surface area contributed by atoms with E-state index in [0.717, 1.165) is 19.4 Å². The Morgan fingerprint density at radius 1 is 1.46 bits per heavy atom. The number of imidazole rings is 1. The lowest BCUT2D eigenvalue weighted by Crippen LogP contribution is -2.32. The molecule has 0 saturated carbocycles. The average Bonchev–Trinajstić information content (AvgIpc) is 3.18. The van der Waals surface area contributed by atoms with Gasteiger partial charge in [0.05, 0.1) is 11.3 Å². The van der Waals surface area contributed by atoms with E-state index >= 15 is 0 Å². The Kier molecular flexibility index (Phi) is 4.59. The van der Waals surface area contributed by atoms with Gasteiger partial charge in [-0.3, -0.25) is 10.1 Å². The summed E-state index contributed by atoms with van der Waals surface area (Å²) >= 11 is 0. The van der Waals surface area contributed by atoms with E-state index in [1.165, 1.54) is 12.1 Å². The van der Waals surface area contributed by atoms with E-state index in [0.29, 0.717) is 12.2 Å². The molecule has 0 bridgehead atoms. The third-order valence-electron chi connectivity index (χ3n) is 4.05. The van der Waals surface area contributed by atoms with Crippen LogP contribution in [-0.2, 0) is 6.54 Å². The predicted molar refractivity (Wildman–Crippen MR) is 82.3 cm³/mol. The van der Waals surface area contributed by atoms with Gasteiger partial charge in [0.1, 0.15) is 0 Å². The second kappa shape index (κ2) is 6.81. The Bertz CT molecular complexity index is 709. The Morgan fingerprint density at radius 2 is 2.29 bits per heavy atom. The number of aromatic nitrogens is 2. The molecule has 0 radical (unpaired) electrons. The summed E-state index contributed by atoms with van der Waals surface area (Å²) in [7, 11) is 0. The molecule has 3 rings (SSSR count). The zero-order chi connectivity index (χ0) is 17.1. The first kappa shape index (κ1) is 16.2. The minimum atomic E-state index is -3.11. The van der Waals surface area contributed by atoms with Gasteiger partial charge in [0, 0.05) is 49.3 Å². The highest BCUT2D eigenvalue weighted by molar-refractivity contribution is 5.60. The molecule has 7 nitrogen and oxygen atoms in total. The van der Waals surface area contributed by atoms with Gasteiger partial charge in [-0.05, 0) is 18.9 Å². The number of halogens is 2. The molecule has 1 unspecified atom stereocenters. The van der Waals surface area contributed by atoms with E-state index in [-0.39, 0.29) is 6.04 Å². The summed E-state index contributed by atoms with van der Waals surface area (Å²) < 4.78 is 31.3. The number of nitro groups is 1. The maximum atomic E-state index is 12.5. The average molecular weight is 338 g/mol. The first-order chi connectivity index (χ1) is 11.5. The number of ether oxygens (including phenoxy) is 1. The number of benzene rings is 1. The molecular weight excluding hydrogens is 322 g/mol. The molecule has 1 aliphatic heterocycles. The van der Waals surface area contributed by atoms with Crippen molar-refractivity contribution >= 4 is 11.4 Å². The molecule has 2 heterocycles. The van der Waals surface area contributed by atoms with Crippen LogP contribution in [0.5, 0.6) is 5.75 Å². The number of nitrogens with zero attached hydrogens (tertiary/aromatic N) is 4. The molecule has 0 aliphatic carbocycles. The second-order valence-electron chi connectivity index (χ2n) is 5.54. The minimum absolute atomic E-state index is 0.167. The first-order valence-electron chi connectivity index (χ1n) is 7.50. The van der Waals surface area contributed by atoms with Crippen LogP contribution in [0.3, 0.4) is 0 Å². The van der Waals surface area contributed by atoms with Gasteiger partial charge < -0.3 is 14.2 Å². The fourth-order valence-electron chi connectivity index (χ4n) is 3.03. The van der Waals surface area contributed by atoms with Crippen LogP contribution in [0.2, 0.25) is 0 Å². The molecule has 1 aliphatic rings. The van der Waals surface area contributed by atoms with E-state index < -0.39 is 23.0 Å². The summed E-state index contributed by atoms with van der Waals surface area (Å²) in [5.74, 6) is -0.416. The fraction of sp³-hybridized carbons (Fsp3) is 0.400. The molecule has 1 atom stereocenters. The van der Waals surface area contributed by atoms with Gasteiger partial charge in [-0.1, -0.05) is 0 Å². The quantitative estimate of drug-likeness (QED) is 0.598. The third-order valence-corrected chi connectivity index (χ3v) is 4.05. The van der Waals surface area contributed by atoms with Crippen molar-refractivity contribution in [2.75, 3.05) is 11.4 Å². The zero-order valence-corrected chi connectivity index (χ0v) is 12.7. The van der Waals surface area contributed by atoms with Crippen LogP contribution in [-0.4, -0.2) is 33.7 Å². The normalized spacial score (nSPS) is 17.5. The maximum Gasteiger partial charge on any atom is 0.387 e. The van der Waals surface area contributed by atoms with Crippen molar-refractivity contribution < 1.29 is 18.4 Å². The SMILES string of the molecule is O=[N+]([O-])c1ccc(N2CCCC2Cn2ccnc2)cc1OC(F)F. The largest absolute Gasteiger partial charge is 0.427 e. The highest BCUT2D eigenvalue weighted by atomic mass is 19.3. The smallest absolute Gasteiger partial charge is 0.387 e. The van der Waals surface area contributed by atoms with E-state index in [2.05, 4.69) is 14.6 Å². The highest BCUT2D eigenvalue weighted by Crippen LogP contribution is 2.35. The van der Waals surface area contributed by atoms with Crippen molar-refractivity contribution in [3.05, 3.63) is 47.0 Å². The fourth-order valence-corrected chi connectivity index (χ4v) is 3.03. The maximum absolute atomic E-state index is 12.5. The van der Waals surface area contributed by atoms with Gasteiger partial charge in [-0.2, -0.15) is 8.78 Å². The Morgan fingerprint density at radius 3 is 2.96 bits per heavy atom. The first-order valence-corrected chi connectivity index (χ1v) is 7.50. The van der Waals surface area contributed by atoms with Gasteiger partial charge in [0.15, 0.2) is 0 Å². The van der Waals surface area contributed by atoms with Crippen LogP contribution in [0, 0.1) is 10.1 Å². The summed E-state index contributed by atoms with van der Waals surface area (Å²) in [6.45, 7) is -1.65. The summed E-state index contributed by atoms with van der Waals surface area (Å²) in [6, 6.07) is 4.26. The monoisotopic (exact) mass is 338 g/mol. The molecule has 24 heavy (non-hydrogen) atoms. The Labute approximate surface area is 136 Å². The lowest BCUT2D eigenvalue weighted by molar-refractivity contribution is -0.386. The van der Waals surface area contributed by atoms with Crippen molar-refractivity contribution in [3.8, 4) is 5.75 Å². The standard InChI is InChI=1S/C15H16F2N4O3/c16-15(17)24-14-8-11(3-4-13(14)21(22)23)20-6-1-2-12(20)9-19-7-5-18-10-19/h3-5,7-8,10,12,15H,1-2,6,9H2. The molecule has 1 aromatic carbocycles. The molecule has 9 heteroatoms. The molecule has 1 saturated heterocycles. The zero-order valence-electron chi connectivity index (χ0n) is 12.7. The molecule has 1 fully saturated rings. The molecule has 1 aromatic heterocycles. The van der Waals surface area contributed by atoms with Gasteiger partial charge in [0.2, 0.25) is 5.75 Å². The van der Waals surface area contributed by atoms with Crippen LogP contribution in [0.1, 0.15) is 12.8 Å². The molecular formula is C15H16F2N4O3. The van der Waals surface area contributed by atoms with Crippen molar-refractivity contribution in [1.29, 1.82) is 0 Å². The van der Waals surface area contributed by atoms with Crippen molar-refractivity contribution in [1.82, 2.24) is 9.55 Å². The third kappa shape index (κ3) is 3.44. The lowest BCUT2D eigenvalue weighted by atomic mass is 10.2. The van der Waals surface area contributed by atoms with Crippen LogP contribution >= 0.6 is 0 Å². The van der Waals surface area contributed by atoms with Crippen LogP contribution in [0.4, 0.5) is 20.2 Å². The number of nitro benzene ring substituents is 1. The number of rotatable bonds is 6. The van der Waals surface area contributed by atoms with Gasteiger partial charge in [0.25, 0.3) is 0 Å². The van der Waals surface area contributed by atoms with Crippen LogP contribution < -0.4 is 9.64 Å². The second-order valence-corrected chi connectivity index (χ2v) is 5.54. The topological polar surface area (TPSA) is 73.4 Å². The predicted octanol–water partition coefficient (Wildman–Crippen LogP) is 3.06. The highest BCUT2D eigenvalue weighted by Gasteiger charge is 2.27. The van der Waals surface area contributed by atoms with E-state index in [4.69, 9.17) is 0 Å². The number of anilines is 1. The lowest BCUT2D eigenvalue weighted by Gasteiger charge is -2.27. The summed E-state index contributed by atoms with van der Waals surface area (Å²) in [4.78, 5) is 16.3. The Balaban J connectivity index is 1.85. The Hall–Kier alpha value is -2.71. The van der Waals surface area contributed by atoms with E-state index in [1.807, 2.05) is 10.8 Å². The summed E-state index contributed by atoms with van der Waals surface area (Å²) in [5, 5.41) is 11.0.